The highest BCUT2D eigenvalue weighted by atomic mass is 32.2. The Balaban J connectivity index is 2.29. The van der Waals surface area contributed by atoms with Gasteiger partial charge in [-0.3, -0.25) is 10.1 Å². The maximum Gasteiger partial charge on any atom is 0.339 e. The van der Waals surface area contributed by atoms with Gasteiger partial charge in [-0.25, -0.2) is 9.78 Å². The maximum absolute atomic E-state index is 11.6. The minimum absolute atomic E-state index is 0.0293. The number of hydrogen-bond donors (Lipinski definition) is 0. The molecule has 0 aliphatic rings. The summed E-state index contributed by atoms with van der Waals surface area (Å²) < 4.78 is 5.31. The lowest BCUT2D eigenvalue weighted by Crippen LogP contribution is -2.06. The van der Waals surface area contributed by atoms with E-state index in [1.165, 1.54) is 23.5 Å². The molecule has 9 heteroatoms. The number of nitro benzene ring substituents is 1. The molecular weight excluding hydrogens is 326 g/mol. The predicted octanol–water partition coefficient (Wildman–Crippen LogP) is 3.19. The molecule has 1 aromatic carbocycles. The Morgan fingerprint density at radius 2 is 2.36 bits per heavy atom. The minimum Gasteiger partial charge on any atom is -0.447 e. The van der Waals surface area contributed by atoms with Crippen molar-refractivity contribution in [3.05, 3.63) is 45.0 Å². The zero-order valence-corrected chi connectivity index (χ0v) is 12.9. The molecule has 0 saturated heterocycles. The molecule has 2 rings (SSSR count). The Bertz CT molecular complexity index is 767. The van der Waals surface area contributed by atoms with Gasteiger partial charge in [0.2, 0.25) is 0 Å². The Morgan fingerprint density at radius 1 is 1.59 bits per heavy atom. The predicted molar refractivity (Wildman–Crippen MR) is 80.0 cm³/mol. The van der Waals surface area contributed by atoms with E-state index in [0.29, 0.717) is 9.24 Å². The lowest BCUT2D eigenvalue weighted by molar-refractivity contribution is -0.387. The highest BCUT2D eigenvalue weighted by Gasteiger charge is 2.20. The topological polar surface area (TPSA) is 106 Å². The second-order valence-corrected chi connectivity index (χ2v) is 6.18. The van der Waals surface area contributed by atoms with Crippen molar-refractivity contribution in [2.45, 2.75) is 16.2 Å². The Hall–Kier alpha value is -2.44. The molecule has 0 fully saturated rings. The molecule has 1 heterocycles. The van der Waals surface area contributed by atoms with Crippen LogP contribution in [-0.4, -0.2) is 22.5 Å². The van der Waals surface area contributed by atoms with Crippen LogP contribution in [0.3, 0.4) is 0 Å². The SMILES string of the molecule is Cc1csc(Sc2ccc(C(=O)OCC#N)cc2[N+](=O)[O-])n1. The molecule has 1 aromatic heterocycles. The van der Waals surface area contributed by atoms with Crippen molar-refractivity contribution in [2.24, 2.45) is 0 Å². The van der Waals surface area contributed by atoms with Crippen molar-refractivity contribution >= 4 is 34.8 Å². The number of esters is 1. The maximum atomic E-state index is 11.6. The summed E-state index contributed by atoms with van der Waals surface area (Å²) in [7, 11) is 0. The molecule has 7 nitrogen and oxygen atoms in total. The number of nitriles is 1. The molecule has 0 bridgehead atoms. The van der Waals surface area contributed by atoms with Crippen molar-refractivity contribution in [3.63, 3.8) is 0 Å². The zero-order valence-electron chi connectivity index (χ0n) is 11.3. The van der Waals surface area contributed by atoms with Gasteiger partial charge in [0.05, 0.1) is 15.4 Å². The number of carbonyl (C=O) groups is 1. The van der Waals surface area contributed by atoms with Gasteiger partial charge in [0, 0.05) is 17.1 Å². The van der Waals surface area contributed by atoms with Crippen LogP contribution in [-0.2, 0) is 4.74 Å². The van der Waals surface area contributed by atoms with E-state index in [1.807, 2.05) is 12.3 Å². The fourth-order valence-electron chi connectivity index (χ4n) is 1.53. The van der Waals surface area contributed by atoms with Crippen molar-refractivity contribution in [1.29, 1.82) is 5.26 Å². The zero-order chi connectivity index (χ0) is 16.1. The van der Waals surface area contributed by atoms with E-state index in [1.54, 1.807) is 6.07 Å². The van der Waals surface area contributed by atoms with Gasteiger partial charge in [0.25, 0.3) is 5.69 Å². The molecule has 22 heavy (non-hydrogen) atoms. The second kappa shape index (κ2) is 7.02. The molecule has 0 radical (unpaired) electrons. The first kappa shape index (κ1) is 15.9. The van der Waals surface area contributed by atoms with E-state index in [4.69, 9.17) is 5.26 Å². The van der Waals surface area contributed by atoms with Crippen molar-refractivity contribution in [3.8, 4) is 6.07 Å². The van der Waals surface area contributed by atoms with Crippen LogP contribution in [0, 0.1) is 28.4 Å². The van der Waals surface area contributed by atoms with Gasteiger partial charge < -0.3 is 4.74 Å². The lowest BCUT2D eigenvalue weighted by atomic mass is 10.2. The largest absolute Gasteiger partial charge is 0.447 e. The summed E-state index contributed by atoms with van der Waals surface area (Å²) in [4.78, 5) is 26.9. The summed E-state index contributed by atoms with van der Waals surface area (Å²) in [6.07, 6.45) is 0. The van der Waals surface area contributed by atoms with Crippen molar-refractivity contribution in [1.82, 2.24) is 4.98 Å². The molecule has 0 spiro atoms. The molecule has 2 aromatic rings. The van der Waals surface area contributed by atoms with Crippen molar-refractivity contribution < 1.29 is 14.5 Å². The van der Waals surface area contributed by atoms with Crippen LogP contribution in [0.5, 0.6) is 0 Å². The van der Waals surface area contributed by atoms with Gasteiger partial charge in [-0.2, -0.15) is 5.26 Å². The fourth-order valence-corrected chi connectivity index (χ4v) is 3.41. The third-order valence-electron chi connectivity index (χ3n) is 2.45. The van der Waals surface area contributed by atoms with E-state index in [2.05, 4.69) is 9.72 Å². The number of hydrogen-bond acceptors (Lipinski definition) is 8. The summed E-state index contributed by atoms with van der Waals surface area (Å²) in [5, 5.41) is 21.4. The molecule has 0 amide bonds. The number of nitro groups is 1. The van der Waals surface area contributed by atoms with Crippen LogP contribution in [0.25, 0.3) is 0 Å². The molecule has 0 aliphatic carbocycles. The standard InChI is InChI=1S/C13H9N3O4S2/c1-8-7-21-13(15-8)22-11-3-2-9(6-10(11)16(18)19)12(17)20-5-4-14/h2-3,6-7H,5H2,1H3. The number of ether oxygens (including phenoxy) is 1. The Morgan fingerprint density at radius 3 is 2.95 bits per heavy atom. The average Bonchev–Trinajstić information content (AvgIpc) is 2.90. The average molecular weight is 335 g/mol. The first-order chi connectivity index (χ1) is 10.5. The summed E-state index contributed by atoms with van der Waals surface area (Å²) in [5.41, 5.74) is 0.665. The number of benzene rings is 1. The van der Waals surface area contributed by atoms with Crippen LogP contribution in [0.2, 0.25) is 0 Å². The van der Waals surface area contributed by atoms with Gasteiger partial charge >= 0.3 is 5.97 Å². The van der Waals surface area contributed by atoms with Crippen LogP contribution in [0.15, 0.2) is 32.8 Å². The Kier molecular flexibility index (Phi) is 5.08. The third-order valence-corrected chi connectivity index (χ3v) is 4.58. The summed E-state index contributed by atoms with van der Waals surface area (Å²) in [5.74, 6) is -0.772. The van der Waals surface area contributed by atoms with Crippen LogP contribution >= 0.6 is 23.1 Å². The highest BCUT2D eigenvalue weighted by molar-refractivity contribution is 8.01. The van der Waals surface area contributed by atoms with E-state index in [9.17, 15) is 14.9 Å². The number of aromatic nitrogens is 1. The van der Waals surface area contributed by atoms with Gasteiger partial charge in [0.15, 0.2) is 10.9 Å². The van der Waals surface area contributed by atoms with Crippen LogP contribution < -0.4 is 0 Å². The van der Waals surface area contributed by atoms with Gasteiger partial charge in [0.1, 0.15) is 6.07 Å². The van der Waals surface area contributed by atoms with Gasteiger partial charge in [-0.05, 0) is 19.1 Å². The minimum atomic E-state index is -0.772. The number of thiazole rings is 1. The molecule has 112 valence electrons. The number of rotatable bonds is 5. The molecule has 0 atom stereocenters. The third kappa shape index (κ3) is 3.81. The molecule has 0 aliphatic heterocycles. The monoisotopic (exact) mass is 335 g/mol. The molecule has 0 N–H and O–H groups in total. The van der Waals surface area contributed by atoms with Crippen LogP contribution in [0.4, 0.5) is 5.69 Å². The van der Waals surface area contributed by atoms with Crippen LogP contribution in [0.1, 0.15) is 16.1 Å². The lowest BCUT2D eigenvalue weighted by Gasteiger charge is -2.04. The molecule has 0 unspecified atom stereocenters. The Labute approximate surface area is 133 Å². The van der Waals surface area contributed by atoms with E-state index in [0.717, 1.165) is 23.5 Å². The second-order valence-electron chi connectivity index (χ2n) is 4.03. The summed E-state index contributed by atoms with van der Waals surface area (Å²) in [6.45, 7) is 1.44. The van der Waals surface area contributed by atoms with Crippen molar-refractivity contribution in [2.75, 3.05) is 6.61 Å². The highest BCUT2D eigenvalue weighted by Crippen LogP contribution is 2.36. The fraction of sp³-hybridized carbons (Fsp3) is 0.154. The van der Waals surface area contributed by atoms with E-state index in [-0.39, 0.29) is 11.3 Å². The summed E-state index contributed by atoms with van der Waals surface area (Å²) in [6, 6.07) is 5.71. The quantitative estimate of drug-likeness (QED) is 0.469. The number of aryl methyl sites for hydroxylation is 1. The smallest absolute Gasteiger partial charge is 0.339 e. The molecule has 0 saturated carbocycles. The van der Waals surface area contributed by atoms with Gasteiger partial charge in [-0.1, -0.05) is 11.8 Å². The van der Waals surface area contributed by atoms with Gasteiger partial charge in [-0.15, -0.1) is 11.3 Å². The first-order valence-corrected chi connectivity index (χ1v) is 7.63. The molecular formula is C13H9N3O4S2. The normalized spacial score (nSPS) is 10.0. The summed E-state index contributed by atoms with van der Waals surface area (Å²) >= 11 is 2.55. The van der Waals surface area contributed by atoms with E-state index < -0.39 is 17.5 Å². The number of nitrogens with zero attached hydrogens (tertiary/aromatic N) is 3. The number of carbonyl (C=O) groups excluding carboxylic acids is 1. The van der Waals surface area contributed by atoms with E-state index >= 15 is 0 Å². The first-order valence-electron chi connectivity index (χ1n) is 5.93.